The Labute approximate surface area is 122 Å². The first-order valence-corrected chi connectivity index (χ1v) is 6.92. The first kappa shape index (κ1) is 15.2. The maximum atomic E-state index is 13.0. The molecule has 112 valence electrons. The molecule has 2 rings (SSSR count). The van der Waals surface area contributed by atoms with Crippen LogP contribution in [-0.2, 0) is 11.2 Å². The minimum Gasteiger partial charge on any atom is -0.339 e. The average Bonchev–Trinajstić information content (AvgIpc) is 2.87. The summed E-state index contributed by atoms with van der Waals surface area (Å²) in [7, 11) is 0. The van der Waals surface area contributed by atoms with Gasteiger partial charge in [-0.2, -0.15) is 4.98 Å². The molecule has 0 unspecified atom stereocenters. The molecule has 6 heteroatoms. The second kappa shape index (κ2) is 6.97. The SMILES string of the molecule is CC(C)c1noc(CCCC(=O)Nc2cccc(F)c2)n1. The zero-order chi connectivity index (χ0) is 15.2. The van der Waals surface area contributed by atoms with Gasteiger partial charge in [0.05, 0.1) is 0 Å². The first-order valence-electron chi connectivity index (χ1n) is 6.92. The van der Waals surface area contributed by atoms with Gasteiger partial charge in [0.25, 0.3) is 0 Å². The third kappa shape index (κ3) is 4.66. The second-order valence-corrected chi connectivity index (χ2v) is 5.11. The van der Waals surface area contributed by atoms with Gasteiger partial charge in [-0.15, -0.1) is 0 Å². The molecule has 21 heavy (non-hydrogen) atoms. The van der Waals surface area contributed by atoms with Gasteiger partial charge in [0, 0.05) is 24.4 Å². The fraction of sp³-hybridized carbons (Fsp3) is 0.400. The number of carbonyl (C=O) groups is 1. The van der Waals surface area contributed by atoms with Crippen LogP contribution >= 0.6 is 0 Å². The van der Waals surface area contributed by atoms with E-state index in [9.17, 15) is 9.18 Å². The number of nitrogens with one attached hydrogen (secondary N) is 1. The smallest absolute Gasteiger partial charge is 0.226 e. The number of aryl methyl sites for hydroxylation is 1. The molecule has 1 heterocycles. The van der Waals surface area contributed by atoms with Crippen molar-refractivity contribution in [2.24, 2.45) is 0 Å². The van der Waals surface area contributed by atoms with Gasteiger partial charge in [-0.3, -0.25) is 4.79 Å². The molecule has 0 atom stereocenters. The Morgan fingerprint density at radius 3 is 2.90 bits per heavy atom. The number of rotatable bonds is 6. The van der Waals surface area contributed by atoms with Crippen molar-refractivity contribution in [2.75, 3.05) is 5.32 Å². The lowest BCUT2D eigenvalue weighted by Gasteiger charge is -2.04. The van der Waals surface area contributed by atoms with Crippen molar-refractivity contribution in [2.45, 2.75) is 39.0 Å². The van der Waals surface area contributed by atoms with Crippen molar-refractivity contribution in [3.63, 3.8) is 0 Å². The molecule has 0 aliphatic rings. The van der Waals surface area contributed by atoms with Crippen LogP contribution in [0.3, 0.4) is 0 Å². The van der Waals surface area contributed by atoms with Crippen molar-refractivity contribution >= 4 is 11.6 Å². The number of hydrogen-bond acceptors (Lipinski definition) is 4. The summed E-state index contributed by atoms with van der Waals surface area (Å²) in [5.41, 5.74) is 0.458. The van der Waals surface area contributed by atoms with Gasteiger partial charge in [0.1, 0.15) is 5.82 Å². The zero-order valence-electron chi connectivity index (χ0n) is 12.1. The minimum absolute atomic E-state index is 0.163. The molecule has 0 spiro atoms. The fourth-order valence-corrected chi connectivity index (χ4v) is 1.79. The highest BCUT2D eigenvalue weighted by atomic mass is 19.1. The van der Waals surface area contributed by atoms with Crippen molar-refractivity contribution < 1.29 is 13.7 Å². The van der Waals surface area contributed by atoms with Gasteiger partial charge in [-0.1, -0.05) is 25.1 Å². The molecule has 1 N–H and O–H groups in total. The predicted molar refractivity (Wildman–Crippen MR) is 76.4 cm³/mol. The van der Waals surface area contributed by atoms with Gasteiger partial charge in [0.15, 0.2) is 5.82 Å². The standard InChI is InChI=1S/C15H18FN3O2/c1-10(2)15-18-14(21-19-15)8-4-7-13(20)17-12-6-3-5-11(16)9-12/h3,5-6,9-10H,4,7-8H2,1-2H3,(H,17,20). The fourth-order valence-electron chi connectivity index (χ4n) is 1.79. The van der Waals surface area contributed by atoms with Crippen LogP contribution in [0, 0.1) is 5.82 Å². The van der Waals surface area contributed by atoms with Crippen LogP contribution in [0.2, 0.25) is 0 Å². The van der Waals surface area contributed by atoms with Crippen molar-refractivity contribution in [1.82, 2.24) is 10.1 Å². The Morgan fingerprint density at radius 1 is 1.43 bits per heavy atom. The third-order valence-corrected chi connectivity index (χ3v) is 2.90. The molecule has 2 aromatic rings. The summed E-state index contributed by atoms with van der Waals surface area (Å²) in [5.74, 6) is 0.898. The van der Waals surface area contributed by atoms with Gasteiger partial charge < -0.3 is 9.84 Å². The lowest BCUT2D eigenvalue weighted by Crippen LogP contribution is -2.11. The molecule has 0 aliphatic carbocycles. The lowest BCUT2D eigenvalue weighted by molar-refractivity contribution is -0.116. The van der Waals surface area contributed by atoms with Crippen LogP contribution in [0.15, 0.2) is 28.8 Å². The van der Waals surface area contributed by atoms with E-state index in [0.29, 0.717) is 36.7 Å². The summed E-state index contributed by atoms with van der Waals surface area (Å²) in [5, 5.41) is 6.51. The van der Waals surface area contributed by atoms with Gasteiger partial charge in [-0.25, -0.2) is 4.39 Å². The number of halogens is 1. The van der Waals surface area contributed by atoms with E-state index in [4.69, 9.17) is 4.52 Å². The summed E-state index contributed by atoms with van der Waals surface area (Å²) < 4.78 is 18.1. The molecule has 5 nitrogen and oxygen atoms in total. The van der Waals surface area contributed by atoms with Gasteiger partial charge >= 0.3 is 0 Å². The van der Waals surface area contributed by atoms with E-state index in [0.717, 1.165) is 0 Å². The Balaban J connectivity index is 1.76. The quantitative estimate of drug-likeness (QED) is 0.886. The van der Waals surface area contributed by atoms with Crippen molar-refractivity contribution in [3.8, 4) is 0 Å². The van der Waals surface area contributed by atoms with E-state index >= 15 is 0 Å². The minimum atomic E-state index is -0.375. The van der Waals surface area contributed by atoms with Gasteiger partial charge in [-0.05, 0) is 24.6 Å². The summed E-state index contributed by atoms with van der Waals surface area (Å²) in [6.45, 7) is 3.97. The van der Waals surface area contributed by atoms with Crippen LogP contribution < -0.4 is 5.32 Å². The zero-order valence-corrected chi connectivity index (χ0v) is 12.1. The second-order valence-electron chi connectivity index (χ2n) is 5.11. The molecule has 0 radical (unpaired) electrons. The third-order valence-electron chi connectivity index (χ3n) is 2.90. The largest absolute Gasteiger partial charge is 0.339 e. The van der Waals surface area contributed by atoms with Crippen LogP contribution in [0.5, 0.6) is 0 Å². The van der Waals surface area contributed by atoms with E-state index in [1.165, 1.54) is 12.1 Å². The molecule has 0 bridgehead atoms. The van der Waals surface area contributed by atoms with Crippen LogP contribution in [0.4, 0.5) is 10.1 Å². The monoisotopic (exact) mass is 291 g/mol. The summed E-state index contributed by atoms with van der Waals surface area (Å²) >= 11 is 0. The number of benzene rings is 1. The average molecular weight is 291 g/mol. The van der Waals surface area contributed by atoms with E-state index < -0.39 is 0 Å². The number of hydrogen-bond donors (Lipinski definition) is 1. The number of aromatic nitrogens is 2. The Kier molecular flexibility index (Phi) is 5.03. The molecule has 1 aromatic heterocycles. The molecule has 0 saturated carbocycles. The van der Waals surface area contributed by atoms with E-state index in [1.807, 2.05) is 13.8 Å². The summed E-state index contributed by atoms with van der Waals surface area (Å²) in [6.07, 6.45) is 1.47. The molecule has 0 fully saturated rings. The maximum Gasteiger partial charge on any atom is 0.226 e. The Hall–Kier alpha value is -2.24. The molecule has 1 aromatic carbocycles. The van der Waals surface area contributed by atoms with Crippen molar-refractivity contribution in [1.29, 1.82) is 0 Å². The number of nitrogens with zero attached hydrogens (tertiary/aromatic N) is 2. The van der Waals surface area contributed by atoms with E-state index in [2.05, 4.69) is 15.5 Å². The van der Waals surface area contributed by atoms with Crippen molar-refractivity contribution in [3.05, 3.63) is 41.8 Å². The maximum absolute atomic E-state index is 13.0. The topological polar surface area (TPSA) is 68.0 Å². The lowest BCUT2D eigenvalue weighted by atomic mass is 10.2. The van der Waals surface area contributed by atoms with E-state index in [1.54, 1.807) is 12.1 Å². The molecule has 0 aliphatic heterocycles. The Bertz CT molecular complexity index is 610. The molecular formula is C15H18FN3O2. The first-order chi connectivity index (χ1) is 10.0. The number of amides is 1. The molecule has 0 saturated heterocycles. The van der Waals surface area contributed by atoms with Crippen LogP contribution in [0.1, 0.15) is 44.3 Å². The highest BCUT2D eigenvalue weighted by molar-refractivity contribution is 5.90. The van der Waals surface area contributed by atoms with E-state index in [-0.39, 0.29) is 17.6 Å². The normalized spacial score (nSPS) is 10.9. The summed E-state index contributed by atoms with van der Waals surface area (Å²) in [6, 6.07) is 5.81. The Morgan fingerprint density at radius 2 is 2.24 bits per heavy atom. The highest BCUT2D eigenvalue weighted by Crippen LogP contribution is 2.12. The molecule has 1 amide bonds. The number of carbonyl (C=O) groups excluding carboxylic acids is 1. The van der Waals surface area contributed by atoms with Gasteiger partial charge in [0.2, 0.25) is 11.8 Å². The highest BCUT2D eigenvalue weighted by Gasteiger charge is 2.10. The molecular weight excluding hydrogens is 273 g/mol. The van der Waals surface area contributed by atoms with Crippen LogP contribution in [-0.4, -0.2) is 16.0 Å². The summed E-state index contributed by atoms with van der Waals surface area (Å²) in [4.78, 5) is 16.0. The number of anilines is 1. The van der Waals surface area contributed by atoms with Crippen LogP contribution in [0.25, 0.3) is 0 Å². The predicted octanol–water partition coefficient (Wildman–Crippen LogP) is 3.29.